The summed E-state index contributed by atoms with van der Waals surface area (Å²) in [6, 6.07) is 52.0. The summed E-state index contributed by atoms with van der Waals surface area (Å²) >= 11 is 7.10. The molecule has 7 aromatic carbocycles. The van der Waals surface area contributed by atoms with Crippen molar-refractivity contribution in [3.63, 3.8) is 0 Å². The van der Waals surface area contributed by atoms with E-state index in [1.54, 1.807) is 0 Å². The number of hydrogen-bond donors (Lipinski definition) is 0. The molecule has 0 saturated heterocycles. The van der Waals surface area contributed by atoms with Crippen molar-refractivity contribution >= 4 is 93.7 Å². The smallest absolute Gasteiger partial charge is 0.147 e. The highest BCUT2D eigenvalue weighted by atomic mass is 32.4. The predicted octanol–water partition coefficient (Wildman–Crippen LogP) is 8.86. The number of rotatable bonds is 3. The predicted molar refractivity (Wildman–Crippen MR) is 189 cm³/mol. The molecule has 0 aliphatic rings. The monoisotopic (exact) mass is 584 g/mol. The molecule has 0 amide bonds. The summed E-state index contributed by atoms with van der Waals surface area (Å²) in [5.41, 5.74) is 4.21. The van der Waals surface area contributed by atoms with E-state index in [-0.39, 0.29) is 0 Å². The number of aromatic nitrogens is 2. The van der Waals surface area contributed by atoms with E-state index in [2.05, 4.69) is 156 Å². The van der Waals surface area contributed by atoms with Crippen LogP contribution in [0.15, 0.2) is 152 Å². The van der Waals surface area contributed by atoms with Gasteiger partial charge >= 0.3 is 0 Å². The van der Waals surface area contributed by atoms with Crippen LogP contribution in [0.2, 0.25) is 0 Å². The van der Waals surface area contributed by atoms with Gasteiger partial charge in [-0.05, 0) is 67.9 Å². The van der Waals surface area contributed by atoms with Crippen molar-refractivity contribution in [3.8, 4) is 0 Å². The number of benzene rings is 7. The minimum absolute atomic E-state index is 0.960. The second-order valence-electron chi connectivity index (χ2n) is 11.1. The maximum atomic E-state index is 7.10. The molecule has 202 valence electrons. The average molecular weight is 585 g/mol. The van der Waals surface area contributed by atoms with Crippen molar-refractivity contribution in [1.29, 1.82) is 0 Å². The first-order valence-corrected chi connectivity index (χ1v) is 17.3. The summed E-state index contributed by atoms with van der Waals surface area (Å²) in [5, 5.41) is 11.9. The molecule has 0 N–H and O–H groups in total. The summed E-state index contributed by atoms with van der Waals surface area (Å²) in [5.74, 6) is 0. The third-order valence-corrected chi connectivity index (χ3v) is 13.7. The summed E-state index contributed by atoms with van der Waals surface area (Å²) in [4.78, 5) is 5.29. The Morgan fingerprint density at radius 3 is 1.74 bits per heavy atom. The van der Waals surface area contributed by atoms with Crippen LogP contribution in [-0.2, 0) is 11.8 Å². The molecule has 43 heavy (non-hydrogen) atoms. The third kappa shape index (κ3) is 3.59. The van der Waals surface area contributed by atoms with E-state index in [4.69, 9.17) is 16.8 Å². The molecule has 2 nitrogen and oxygen atoms in total. The summed E-state index contributed by atoms with van der Waals surface area (Å²) < 4.78 is 2.33. The van der Waals surface area contributed by atoms with E-state index in [9.17, 15) is 0 Å². The second kappa shape index (κ2) is 9.34. The van der Waals surface area contributed by atoms with Crippen LogP contribution < -0.4 is 15.9 Å². The van der Waals surface area contributed by atoms with E-state index in [0.717, 1.165) is 27.6 Å². The van der Waals surface area contributed by atoms with Crippen LogP contribution >= 0.6 is 6.04 Å². The van der Waals surface area contributed by atoms with Crippen molar-refractivity contribution in [2.75, 3.05) is 0 Å². The Balaban J connectivity index is 1.48. The average Bonchev–Trinajstić information content (AvgIpc) is 3.47. The van der Waals surface area contributed by atoms with Gasteiger partial charge in [-0.1, -0.05) is 133 Å². The molecule has 0 aliphatic carbocycles. The highest BCUT2D eigenvalue weighted by Crippen LogP contribution is 2.47. The third-order valence-electron chi connectivity index (χ3n) is 8.79. The van der Waals surface area contributed by atoms with Gasteiger partial charge in [0.2, 0.25) is 0 Å². The number of nitrogens with zero attached hydrogens (tertiary/aromatic N) is 2. The van der Waals surface area contributed by atoms with E-state index in [1.165, 1.54) is 48.2 Å². The van der Waals surface area contributed by atoms with Gasteiger partial charge in [-0.2, -0.15) is 0 Å². The van der Waals surface area contributed by atoms with E-state index < -0.39 is 6.04 Å². The van der Waals surface area contributed by atoms with Crippen molar-refractivity contribution in [1.82, 2.24) is 9.38 Å². The molecule has 0 radical (unpaired) electrons. The van der Waals surface area contributed by atoms with Crippen molar-refractivity contribution in [3.05, 3.63) is 152 Å². The van der Waals surface area contributed by atoms with Gasteiger partial charge in [-0.25, -0.2) is 4.98 Å². The van der Waals surface area contributed by atoms with Crippen LogP contribution in [0.25, 0.3) is 59.9 Å². The molecule has 4 heteroatoms. The van der Waals surface area contributed by atoms with Crippen LogP contribution in [-0.4, -0.2) is 9.38 Å². The fourth-order valence-corrected chi connectivity index (χ4v) is 10.8. The van der Waals surface area contributed by atoms with Crippen molar-refractivity contribution in [2.45, 2.75) is 0 Å². The summed E-state index contributed by atoms with van der Waals surface area (Å²) in [6.07, 6.45) is 0. The Labute approximate surface area is 253 Å². The van der Waals surface area contributed by atoms with Gasteiger partial charge in [-0.15, -0.1) is 0 Å². The molecule has 0 bridgehead atoms. The maximum Gasteiger partial charge on any atom is 0.147 e. The van der Waals surface area contributed by atoms with Crippen LogP contribution in [0.4, 0.5) is 0 Å². The number of hydrogen-bond acceptors (Lipinski definition) is 2. The lowest BCUT2D eigenvalue weighted by atomic mass is 10.1. The molecule has 0 fully saturated rings. The number of imidazole rings is 1. The molecule has 0 atom stereocenters. The van der Waals surface area contributed by atoms with Gasteiger partial charge in [0.1, 0.15) is 5.65 Å². The molecule has 9 aromatic rings. The lowest BCUT2D eigenvalue weighted by Gasteiger charge is -2.27. The van der Waals surface area contributed by atoms with E-state index in [0.29, 0.717) is 0 Å². The van der Waals surface area contributed by atoms with Crippen molar-refractivity contribution in [2.24, 2.45) is 0 Å². The zero-order valence-electron chi connectivity index (χ0n) is 23.2. The van der Waals surface area contributed by atoms with Crippen LogP contribution in [0.5, 0.6) is 0 Å². The number of para-hydroxylation sites is 3. The van der Waals surface area contributed by atoms with E-state index in [1.807, 2.05) is 0 Å². The Morgan fingerprint density at radius 1 is 0.488 bits per heavy atom. The Bertz CT molecular complexity index is 2530. The van der Waals surface area contributed by atoms with Crippen LogP contribution in [0.3, 0.4) is 0 Å². The first kappa shape index (κ1) is 24.7. The zero-order valence-corrected chi connectivity index (χ0v) is 24.9. The normalized spacial score (nSPS) is 12.3. The topological polar surface area (TPSA) is 17.3 Å². The molecule has 0 aliphatic heterocycles. The minimum Gasteiger partial charge on any atom is -0.292 e. The number of fused-ring (bicyclic) bond motifs is 10. The summed E-state index contributed by atoms with van der Waals surface area (Å²) in [6.45, 7) is 0. The standard InChI is InChI=1S/C39H25N2PS/c43-42(30-22-20-26-10-1-3-12-28(26)24-30,31-23-21-27-11-2-4-13-29(27)25-31)37-19-9-15-33-32-14-5-7-17-35(32)41-36-18-8-6-16-34(36)40-39(41)38(33)37/h1-25H. The van der Waals surface area contributed by atoms with Gasteiger partial charge < -0.3 is 0 Å². The minimum atomic E-state index is -2.58. The molecule has 2 aromatic heterocycles. The lowest BCUT2D eigenvalue weighted by molar-refractivity contribution is 1.32. The van der Waals surface area contributed by atoms with Gasteiger partial charge in [0, 0.05) is 22.1 Å². The largest absolute Gasteiger partial charge is 0.292 e. The second-order valence-corrected chi connectivity index (χ2v) is 15.5. The molecule has 0 spiro atoms. The van der Waals surface area contributed by atoms with Crippen LogP contribution in [0, 0.1) is 0 Å². The van der Waals surface area contributed by atoms with Gasteiger partial charge in [0.15, 0.2) is 0 Å². The SMILES string of the molecule is S=P(c1ccc2ccccc2c1)(c1ccc2ccccc2c1)c1cccc2c3ccccc3n3c4ccccc4nc3c12. The Kier molecular flexibility index (Phi) is 5.38. The lowest BCUT2D eigenvalue weighted by Crippen LogP contribution is -2.26. The molecule has 9 rings (SSSR count). The van der Waals surface area contributed by atoms with E-state index >= 15 is 0 Å². The molecule has 0 unspecified atom stereocenters. The highest BCUT2D eigenvalue weighted by molar-refractivity contribution is 8.25. The quantitative estimate of drug-likeness (QED) is 0.152. The van der Waals surface area contributed by atoms with Gasteiger partial charge in [0.05, 0.1) is 16.6 Å². The fraction of sp³-hybridized carbons (Fsp3) is 0. The molecule has 0 saturated carbocycles. The zero-order chi connectivity index (χ0) is 28.5. The molecule has 2 heterocycles. The summed E-state index contributed by atoms with van der Waals surface area (Å²) in [7, 11) is 0. The van der Waals surface area contributed by atoms with Gasteiger partial charge in [0.25, 0.3) is 0 Å². The first-order chi connectivity index (χ1) is 21.2. The molecular formula is C39H25N2PS. The number of pyridine rings is 1. The Hall–Kier alpha value is -4.82. The Morgan fingerprint density at radius 2 is 1.05 bits per heavy atom. The first-order valence-electron chi connectivity index (χ1n) is 14.5. The fourth-order valence-electron chi connectivity index (χ4n) is 6.77. The van der Waals surface area contributed by atoms with Crippen molar-refractivity contribution < 1.29 is 0 Å². The van der Waals surface area contributed by atoms with Gasteiger partial charge in [-0.3, -0.25) is 4.40 Å². The van der Waals surface area contributed by atoms with Crippen LogP contribution in [0.1, 0.15) is 0 Å². The maximum absolute atomic E-state index is 7.10. The highest BCUT2D eigenvalue weighted by Gasteiger charge is 2.29. The molecular weight excluding hydrogens is 559 g/mol.